The molecule has 0 saturated heterocycles. The molecule has 0 aromatic heterocycles. The van der Waals surface area contributed by atoms with Gasteiger partial charge in [0, 0.05) is 30.8 Å². The van der Waals surface area contributed by atoms with Crippen LogP contribution in [0.15, 0.2) is 71.8 Å². The van der Waals surface area contributed by atoms with Crippen molar-refractivity contribution in [3.8, 4) is 0 Å². The van der Waals surface area contributed by atoms with E-state index in [4.69, 9.17) is 0 Å². The zero-order chi connectivity index (χ0) is 26.5. The van der Waals surface area contributed by atoms with Crippen molar-refractivity contribution in [2.24, 2.45) is 5.10 Å². The number of nitrogens with zero attached hydrogens (tertiary/aromatic N) is 2. The van der Waals surface area contributed by atoms with E-state index in [0.717, 1.165) is 40.5 Å². The minimum absolute atomic E-state index is 0.246. The Labute approximate surface area is 214 Å². The van der Waals surface area contributed by atoms with Crippen molar-refractivity contribution in [3.05, 3.63) is 100 Å². The van der Waals surface area contributed by atoms with Gasteiger partial charge in [-0.25, -0.2) is 0 Å². The molecule has 1 amide bonds. The number of amides is 1. The molecule has 3 aromatic carbocycles. The number of aryl methyl sites for hydroxylation is 2. The summed E-state index contributed by atoms with van der Waals surface area (Å²) < 4.78 is 4.17. The fraction of sp³-hybridized carbons (Fsp3) is 0.214. The summed E-state index contributed by atoms with van der Waals surface area (Å²) in [5.74, 6) is -0.246. The molecular weight excluding hydrogens is 473 g/mol. The van der Waals surface area contributed by atoms with Gasteiger partial charge >= 0.3 is 0 Å². The molecule has 1 unspecified atom stereocenters. The third-order valence-corrected chi connectivity index (χ3v) is 5.45. The molecule has 0 bridgehead atoms. The van der Waals surface area contributed by atoms with E-state index in [1.165, 1.54) is 0 Å². The Morgan fingerprint density at radius 2 is 1.58 bits per heavy atom. The van der Waals surface area contributed by atoms with E-state index in [2.05, 4.69) is 24.4 Å². The van der Waals surface area contributed by atoms with Gasteiger partial charge in [0.15, 0.2) is 6.29 Å². The van der Waals surface area contributed by atoms with Crippen molar-refractivity contribution in [3.63, 3.8) is 0 Å². The molecule has 2 atom stereocenters. The van der Waals surface area contributed by atoms with Crippen molar-refractivity contribution in [2.75, 3.05) is 19.2 Å². The molecule has 36 heavy (non-hydrogen) atoms. The number of rotatable bonds is 9. The van der Waals surface area contributed by atoms with Crippen LogP contribution in [0.3, 0.4) is 0 Å². The van der Waals surface area contributed by atoms with Gasteiger partial charge in [-0.05, 0) is 58.6 Å². The summed E-state index contributed by atoms with van der Waals surface area (Å²) in [6, 6.07) is 19.9. The number of anilines is 1. The number of carbonyl (C=O) groups is 3. The molecule has 1 N–H and O–H groups in total. The number of hydrogen-bond acceptors (Lipinski definition) is 6. The van der Waals surface area contributed by atoms with E-state index >= 15 is 0 Å². The zero-order valence-corrected chi connectivity index (χ0v) is 22.1. The molecule has 0 aliphatic rings. The Kier molecular flexibility index (Phi) is 11.6. The SMILES string of the molecule is COP.Cc1cccc(C)c1C(=O)N[C@H](C=O)Cc1ccc(N(C)/N=C\c2ccccc2C=O)cc1. The Balaban J connectivity index is 0.00000145. The lowest BCUT2D eigenvalue weighted by atomic mass is 10.0. The number of benzene rings is 3. The van der Waals surface area contributed by atoms with Crippen LogP contribution in [0.2, 0.25) is 0 Å². The van der Waals surface area contributed by atoms with E-state index in [-0.39, 0.29) is 5.91 Å². The highest BCUT2D eigenvalue weighted by molar-refractivity contribution is 7.09. The highest BCUT2D eigenvalue weighted by Crippen LogP contribution is 2.17. The average molecular weight is 506 g/mol. The van der Waals surface area contributed by atoms with Gasteiger partial charge in [0.2, 0.25) is 0 Å². The van der Waals surface area contributed by atoms with Crippen molar-refractivity contribution < 1.29 is 18.9 Å². The first kappa shape index (κ1) is 28.6. The third-order valence-electron chi connectivity index (χ3n) is 5.45. The quantitative estimate of drug-likeness (QED) is 0.200. The van der Waals surface area contributed by atoms with Crippen LogP contribution in [0.25, 0.3) is 0 Å². The highest BCUT2D eigenvalue weighted by Gasteiger charge is 2.17. The topological polar surface area (TPSA) is 88.1 Å². The Bertz CT molecular complexity index is 1180. The second kappa shape index (κ2) is 14.7. The average Bonchev–Trinajstić information content (AvgIpc) is 2.87. The molecule has 188 valence electrons. The van der Waals surface area contributed by atoms with Gasteiger partial charge < -0.3 is 14.6 Å². The van der Waals surface area contributed by atoms with Crippen LogP contribution < -0.4 is 10.3 Å². The monoisotopic (exact) mass is 505 g/mol. The molecule has 8 heteroatoms. The summed E-state index contributed by atoms with van der Waals surface area (Å²) >= 11 is 0. The second-order valence-corrected chi connectivity index (χ2v) is 8.58. The number of nitrogens with one attached hydrogen (secondary N) is 1. The van der Waals surface area contributed by atoms with E-state index in [0.29, 0.717) is 17.5 Å². The van der Waals surface area contributed by atoms with Crippen molar-refractivity contribution in [2.45, 2.75) is 26.3 Å². The van der Waals surface area contributed by atoms with E-state index in [9.17, 15) is 14.4 Å². The van der Waals surface area contributed by atoms with E-state index < -0.39 is 6.04 Å². The van der Waals surface area contributed by atoms with Gasteiger partial charge in [-0.2, -0.15) is 5.10 Å². The standard InChI is InChI=1S/C27H27N3O3.CH5OP/c1-19-7-6-8-20(2)26(19)27(33)29-24(18-32)15-21-11-13-25(14-12-21)30(3)28-16-22-9-4-5-10-23(22)17-31;1-2-3/h4-14,16-18,24H,15H2,1-3H3,(H,29,33);3H2,1H3/b28-16-;/t24-;/m0./s1. The van der Waals surface area contributed by atoms with Crippen LogP contribution in [0.1, 0.15) is 43.0 Å². The van der Waals surface area contributed by atoms with E-state index in [1.807, 2.05) is 75.5 Å². The minimum atomic E-state index is -0.627. The Hall–Kier alpha value is -3.67. The van der Waals surface area contributed by atoms with Crippen LogP contribution in [0.4, 0.5) is 5.69 Å². The molecule has 0 fully saturated rings. The Morgan fingerprint density at radius 3 is 2.14 bits per heavy atom. The van der Waals surface area contributed by atoms with Gasteiger partial charge in [-0.15, -0.1) is 0 Å². The molecule has 3 rings (SSSR count). The predicted octanol–water partition coefficient (Wildman–Crippen LogP) is 4.55. The fourth-order valence-electron chi connectivity index (χ4n) is 3.60. The maximum atomic E-state index is 12.7. The molecule has 7 nitrogen and oxygen atoms in total. The van der Waals surface area contributed by atoms with Crippen LogP contribution in [-0.2, 0) is 15.7 Å². The molecule has 0 heterocycles. The summed E-state index contributed by atoms with van der Waals surface area (Å²) in [5.41, 5.74) is 5.44. The summed E-state index contributed by atoms with van der Waals surface area (Å²) in [6.07, 6.45) is 3.60. The highest BCUT2D eigenvalue weighted by atomic mass is 31.0. The lowest BCUT2D eigenvalue weighted by Gasteiger charge is -2.17. The molecular formula is C28H32N3O4P. The first-order chi connectivity index (χ1) is 17.3. The van der Waals surface area contributed by atoms with Crippen LogP contribution >= 0.6 is 9.47 Å². The van der Waals surface area contributed by atoms with Crippen molar-refractivity contribution >= 4 is 39.8 Å². The molecule has 0 spiro atoms. The number of carbonyl (C=O) groups excluding carboxylic acids is 3. The predicted molar refractivity (Wildman–Crippen MR) is 148 cm³/mol. The number of hydrazone groups is 1. The maximum Gasteiger partial charge on any atom is 0.252 e. The fourth-order valence-corrected chi connectivity index (χ4v) is 3.60. The molecule has 0 radical (unpaired) electrons. The lowest BCUT2D eigenvalue weighted by molar-refractivity contribution is -0.109. The number of hydrogen-bond donors (Lipinski definition) is 1. The number of aldehydes is 2. The van der Waals surface area contributed by atoms with Crippen molar-refractivity contribution in [1.82, 2.24) is 5.32 Å². The van der Waals surface area contributed by atoms with Gasteiger partial charge in [-0.3, -0.25) is 14.6 Å². The zero-order valence-electron chi connectivity index (χ0n) is 21.0. The third kappa shape index (κ3) is 8.22. The smallest absolute Gasteiger partial charge is 0.252 e. The first-order valence-corrected chi connectivity index (χ1v) is 11.8. The normalized spacial score (nSPS) is 11.2. The van der Waals surface area contributed by atoms with Crippen LogP contribution in [0.5, 0.6) is 0 Å². The van der Waals surface area contributed by atoms with Gasteiger partial charge in [-0.1, -0.05) is 54.6 Å². The van der Waals surface area contributed by atoms with Crippen LogP contribution in [-0.4, -0.2) is 44.9 Å². The summed E-state index contributed by atoms with van der Waals surface area (Å²) in [4.78, 5) is 35.5. The van der Waals surface area contributed by atoms with Crippen LogP contribution in [0, 0.1) is 13.8 Å². The molecule has 0 aliphatic carbocycles. The van der Waals surface area contributed by atoms with Gasteiger partial charge in [0.25, 0.3) is 5.91 Å². The summed E-state index contributed by atoms with van der Waals surface area (Å²) in [5, 5.41) is 8.94. The largest absolute Gasteiger partial charge is 0.369 e. The van der Waals surface area contributed by atoms with E-state index in [1.54, 1.807) is 30.5 Å². The molecule has 3 aromatic rings. The Morgan fingerprint density at radius 1 is 1.00 bits per heavy atom. The van der Waals surface area contributed by atoms with Gasteiger partial charge in [0.05, 0.1) is 17.9 Å². The summed E-state index contributed by atoms with van der Waals surface area (Å²) in [7, 11) is 5.48. The molecule has 0 aliphatic heterocycles. The first-order valence-electron chi connectivity index (χ1n) is 11.3. The maximum absolute atomic E-state index is 12.7. The minimum Gasteiger partial charge on any atom is -0.369 e. The van der Waals surface area contributed by atoms with Gasteiger partial charge in [0.1, 0.15) is 6.29 Å². The second-order valence-electron chi connectivity index (χ2n) is 8.10. The lowest BCUT2D eigenvalue weighted by Crippen LogP contribution is -2.38. The molecule has 0 saturated carbocycles. The summed E-state index contributed by atoms with van der Waals surface area (Å²) in [6.45, 7) is 3.76. The van der Waals surface area contributed by atoms with Crippen molar-refractivity contribution in [1.29, 1.82) is 0 Å².